The summed E-state index contributed by atoms with van der Waals surface area (Å²) in [6.07, 6.45) is 3.32. The van der Waals surface area contributed by atoms with E-state index in [0.717, 1.165) is 24.8 Å². The second-order valence-electron chi connectivity index (χ2n) is 10.7. The molecule has 222 valence electrons. The molecule has 0 unspecified atom stereocenters. The molecule has 1 saturated carbocycles. The van der Waals surface area contributed by atoms with Gasteiger partial charge in [-0.15, -0.1) is 0 Å². The number of nitrogens with one attached hydrogen (secondary N) is 1. The summed E-state index contributed by atoms with van der Waals surface area (Å²) in [6, 6.07) is 1.52. The van der Waals surface area contributed by atoms with Crippen LogP contribution in [0.25, 0.3) is 11.3 Å². The number of aryl methyl sites for hydroxylation is 1. The van der Waals surface area contributed by atoms with Crippen molar-refractivity contribution in [2.24, 2.45) is 11.8 Å². The van der Waals surface area contributed by atoms with Crippen molar-refractivity contribution in [1.29, 1.82) is 0 Å². The fraction of sp³-hybridized carbons (Fsp3) is 0.310. The minimum atomic E-state index is -3.02. The highest BCUT2D eigenvalue weighted by atomic mass is 35.5. The van der Waals surface area contributed by atoms with E-state index in [2.05, 4.69) is 25.4 Å². The summed E-state index contributed by atoms with van der Waals surface area (Å²) in [5, 5.41) is 6.53. The Labute approximate surface area is 247 Å². The molecule has 2 fully saturated rings. The van der Waals surface area contributed by atoms with Crippen molar-refractivity contribution in [3.05, 3.63) is 81.7 Å². The fourth-order valence-electron chi connectivity index (χ4n) is 5.40. The first kappa shape index (κ1) is 28.7. The molecular weight excluding hydrogens is 590 g/mol. The number of pyridine rings is 1. The molecule has 2 amide bonds. The van der Waals surface area contributed by atoms with Crippen LogP contribution in [-0.4, -0.2) is 43.1 Å². The number of rotatable bonds is 7. The summed E-state index contributed by atoms with van der Waals surface area (Å²) in [4.78, 5) is 39.4. The van der Waals surface area contributed by atoms with Crippen LogP contribution < -0.4 is 10.2 Å². The molecule has 4 aromatic rings. The number of alkyl halides is 2. The van der Waals surface area contributed by atoms with Gasteiger partial charge >= 0.3 is 0 Å². The zero-order valence-electron chi connectivity index (χ0n) is 23.1. The van der Waals surface area contributed by atoms with Gasteiger partial charge < -0.3 is 5.32 Å². The number of aromatic nitrogens is 5. The standard InChI is InChI=1S/C29H24ClF4N7O2/c1-12-19(8-36-27(23(12)31)40-10-15-6-18(15)29(40)43)14(3)41-11-16(7-37-41)38-28(42)25-13(2)35-9-21(39-25)22-17(26(33)34)4-5-20(30)24(22)32/h4-5,7-9,11,14-15,18,26H,6,10H2,1-3H3,(H,38,42)/t14-,15-,18-/m1/s1. The minimum Gasteiger partial charge on any atom is -0.318 e. The maximum Gasteiger partial charge on any atom is 0.276 e. The fourth-order valence-corrected chi connectivity index (χ4v) is 5.55. The van der Waals surface area contributed by atoms with Gasteiger partial charge in [-0.1, -0.05) is 17.7 Å². The second-order valence-corrected chi connectivity index (χ2v) is 11.1. The van der Waals surface area contributed by atoms with Gasteiger partial charge in [-0.3, -0.25) is 24.2 Å². The Kier molecular flexibility index (Phi) is 7.15. The normalized spacial score (nSPS) is 18.3. The summed E-state index contributed by atoms with van der Waals surface area (Å²) < 4.78 is 58.9. The van der Waals surface area contributed by atoms with E-state index < -0.39 is 41.1 Å². The van der Waals surface area contributed by atoms with Gasteiger partial charge in [0.25, 0.3) is 12.3 Å². The number of carbonyl (C=O) groups is 2. The van der Waals surface area contributed by atoms with E-state index in [0.29, 0.717) is 17.7 Å². The summed E-state index contributed by atoms with van der Waals surface area (Å²) in [5.41, 5.74) is -0.387. The largest absolute Gasteiger partial charge is 0.318 e. The van der Waals surface area contributed by atoms with Gasteiger partial charge in [-0.25, -0.2) is 27.5 Å². The topological polar surface area (TPSA) is 106 Å². The van der Waals surface area contributed by atoms with Crippen LogP contribution in [0.3, 0.4) is 0 Å². The van der Waals surface area contributed by atoms with Crippen LogP contribution in [0.5, 0.6) is 0 Å². The maximum absolute atomic E-state index is 15.4. The van der Waals surface area contributed by atoms with E-state index in [1.165, 1.54) is 35.1 Å². The van der Waals surface area contributed by atoms with Crippen LogP contribution in [0.4, 0.5) is 29.1 Å². The smallest absolute Gasteiger partial charge is 0.276 e. The van der Waals surface area contributed by atoms with Crippen LogP contribution in [-0.2, 0) is 4.79 Å². The van der Waals surface area contributed by atoms with Crippen LogP contribution >= 0.6 is 11.6 Å². The third kappa shape index (κ3) is 5.01. The average Bonchev–Trinajstić information content (AvgIpc) is 3.47. The molecule has 14 heteroatoms. The molecule has 1 aliphatic carbocycles. The molecule has 2 aliphatic rings. The van der Waals surface area contributed by atoms with E-state index in [9.17, 15) is 22.8 Å². The Bertz CT molecular complexity index is 1800. The van der Waals surface area contributed by atoms with Crippen molar-refractivity contribution in [3.8, 4) is 11.3 Å². The Morgan fingerprint density at radius 2 is 1.86 bits per heavy atom. The summed E-state index contributed by atoms with van der Waals surface area (Å²) >= 11 is 5.82. The van der Waals surface area contributed by atoms with E-state index in [1.807, 2.05) is 0 Å². The van der Waals surface area contributed by atoms with Crippen LogP contribution in [0, 0.1) is 37.3 Å². The number of amides is 2. The lowest BCUT2D eigenvalue weighted by atomic mass is 10.0. The molecule has 0 radical (unpaired) electrons. The zero-order valence-corrected chi connectivity index (χ0v) is 23.8. The summed E-state index contributed by atoms with van der Waals surface area (Å²) in [5.74, 6) is -2.23. The Morgan fingerprint density at radius 1 is 1.09 bits per heavy atom. The van der Waals surface area contributed by atoms with E-state index >= 15 is 4.39 Å². The number of piperidine rings is 1. The molecule has 4 heterocycles. The maximum atomic E-state index is 15.4. The molecule has 0 bridgehead atoms. The molecule has 1 saturated heterocycles. The van der Waals surface area contributed by atoms with Crippen molar-refractivity contribution < 1.29 is 27.2 Å². The predicted molar refractivity (Wildman–Crippen MR) is 149 cm³/mol. The average molecular weight is 614 g/mol. The van der Waals surface area contributed by atoms with E-state index in [1.54, 1.807) is 13.8 Å². The van der Waals surface area contributed by atoms with E-state index in [-0.39, 0.29) is 51.4 Å². The lowest BCUT2D eigenvalue weighted by Gasteiger charge is -2.21. The molecule has 3 atom stereocenters. The summed E-state index contributed by atoms with van der Waals surface area (Å²) in [6.45, 7) is 5.35. The Morgan fingerprint density at radius 3 is 2.56 bits per heavy atom. The molecule has 43 heavy (non-hydrogen) atoms. The van der Waals surface area contributed by atoms with Crippen molar-refractivity contribution in [3.63, 3.8) is 0 Å². The molecule has 6 rings (SSSR count). The SMILES string of the molecule is Cc1ncc(-c2c(C(F)F)ccc(Cl)c2F)nc1C(=O)Nc1cnn([C@H](C)c2cnc(N3C[C@H]4C[C@H]4C3=O)c(F)c2C)c1. The van der Waals surface area contributed by atoms with Crippen LogP contribution in [0.1, 0.15) is 58.7 Å². The van der Waals surface area contributed by atoms with Gasteiger partial charge in [0.1, 0.15) is 5.69 Å². The number of fused-ring (bicyclic) bond motifs is 1. The number of halogens is 5. The Balaban J connectivity index is 1.22. The third-order valence-electron chi connectivity index (χ3n) is 7.96. The van der Waals surface area contributed by atoms with Gasteiger partial charge in [0.15, 0.2) is 17.5 Å². The number of carbonyl (C=O) groups excluding carboxylic acids is 2. The first-order valence-electron chi connectivity index (χ1n) is 13.4. The second kappa shape index (κ2) is 10.7. The van der Waals surface area contributed by atoms with Crippen LogP contribution in [0.15, 0.2) is 36.9 Å². The van der Waals surface area contributed by atoms with Crippen molar-refractivity contribution in [1.82, 2.24) is 24.7 Å². The summed E-state index contributed by atoms with van der Waals surface area (Å²) in [7, 11) is 0. The zero-order chi connectivity index (χ0) is 30.7. The highest BCUT2D eigenvalue weighted by Crippen LogP contribution is 2.47. The molecule has 3 aromatic heterocycles. The van der Waals surface area contributed by atoms with Gasteiger partial charge in [0, 0.05) is 41.5 Å². The van der Waals surface area contributed by atoms with Gasteiger partial charge in [-0.05, 0) is 44.7 Å². The highest BCUT2D eigenvalue weighted by Gasteiger charge is 2.53. The molecule has 1 aromatic carbocycles. The number of nitrogens with zero attached hydrogens (tertiary/aromatic N) is 6. The van der Waals surface area contributed by atoms with Crippen molar-refractivity contribution >= 4 is 34.9 Å². The molecule has 1 aliphatic heterocycles. The van der Waals surface area contributed by atoms with E-state index in [4.69, 9.17) is 11.6 Å². The lowest BCUT2D eigenvalue weighted by molar-refractivity contribution is -0.118. The van der Waals surface area contributed by atoms with Gasteiger partial charge in [0.2, 0.25) is 5.91 Å². The van der Waals surface area contributed by atoms with Gasteiger partial charge in [0.05, 0.1) is 40.5 Å². The van der Waals surface area contributed by atoms with Crippen molar-refractivity contribution in [2.75, 3.05) is 16.8 Å². The predicted octanol–water partition coefficient (Wildman–Crippen LogP) is 6.07. The van der Waals surface area contributed by atoms with Crippen molar-refractivity contribution in [2.45, 2.75) is 39.7 Å². The first-order chi connectivity index (χ1) is 20.5. The molecular formula is C29H24ClF4N7O2. The monoisotopic (exact) mass is 613 g/mol. The van der Waals surface area contributed by atoms with Crippen LogP contribution in [0.2, 0.25) is 5.02 Å². The Hall–Kier alpha value is -4.39. The minimum absolute atomic E-state index is 0.0242. The quantitative estimate of drug-likeness (QED) is 0.254. The molecule has 1 N–H and O–H groups in total. The molecule has 9 nitrogen and oxygen atoms in total. The lowest BCUT2D eigenvalue weighted by Crippen LogP contribution is -2.30. The number of benzene rings is 1. The first-order valence-corrected chi connectivity index (χ1v) is 13.8. The molecule has 0 spiro atoms. The third-order valence-corrected chi connectivity index (χ3v) is 8.25. The highest BCUT2D eigenvalue weighted by molar-refractivity contribution is 6.31. The number of anilines is 2. The number of hydrogen-bond donors (Lipinski definition) is 1. The van der Waals surface area contributed by atoms with Gasteiger partial charge in [-0.2, -0.15) is 5.10 Å². The number of hydrogen-bond acceptors (Lipinski definition) is 6.